The Morgan fingerprint density at radius 3 is 2.63 bits per heavy atom. The molecule has 1 heterocycles. The summed E-state index contributed by atoms with van der Waals surface area (Å²) in [5.74, 6) is -0.274. The fourth-order valence-corrected chi connectivity index (χ4v) is 1.40. The zero-order valence-electron chi connectivity index (χ0n) is 10.2. The highest BCUT2D eigenvalue weighted by Crippen LogP contribution is 2.00. The molecule has 2 aromatic rings. The molecule has 0 spiro atoms. The van der Waals surface area contributed by atoms with Gasteiger partial charge in [0, 0.05) is 24.0 Å². The van der Waals surface area contributed by atoms with Crippen LogP contribution in [-0.2, 0) is 4.79 Å². The van der Waals surface area contributed by atoms with Crippen LogP contribution in [0.2, 0.25) is 0 Å². The van der Waals surface area contributed by atoms with E-state index in [2.05, 4.69) is 15.5 Å². The molecule has 1 aromatic heterocycles. The lowest BCUT2D eigenvalue weighted by molar-refractivity contribution is -0.116. The maximum atomic E-state index is 11.5. The molecule has 19 heavy (non-hydrogen) atoms. The van der Waals surface area contributed by atoms with E-state index < -0.39 is 0 Å². The third-order valence-electron chi connectivity index (χ3n) is 2.30. The van der Waals surface area contributed by atoms with Crippen molar-refractivity contribution in [1.29, 1.82) is 0 Å². The number of hydrogen-bond donors (Lipinski definition) is 1. The maximum absolute atomic E-state index is 11.5. The average molecular weight is 251 g/mol. The van der Waals surface area contributed by atoms with Crippen LogP contribution in [0.5, 0.6) is 0 Å². The predicted octanol–water partition coefficient (Wildman–Crippen LogP) is 2.25. The van der Waals surface area contributed by atoms with Crippen LogP contribution in [-0.4, -0.2) is 17.1 Å². The number of carbonyl (C=O) groups is 1. The van der Waals surface area contributed by atoms with Crippen molar-refractivity contribution in [2.75, 3.05) is 0 Å². The van der Waals surface area contributed by atoms with Gasteiger partial charge in [0.05, 0.1) is 6.21 Å². The van der Waals surface area contributed by atoms with E-state index in [0.29, 0.717) is 0 Å². The SMILES string of the molecule is O=C(/C=C/c1ccccc1)NN=Cc1cccnc1. The van der Waals surface area contributed by atoms with Gasteiger partial charge in [0.25, 0.3) is 5.91 Å². The summed E-state index contributed by atoms with van der Waals surface area (Å²) in [5.41, 5.74) is 4.21. The van der Waals surface area contributed by atoms with E-state index in [1.807, 2.05) is 36.4 Å². The van der Waals surface area contributed by atoms with Gasteiger partial charge in [-0.25, -0.2) is 5.43 Å². The van der Waals surface area contributed by atoms with Gasteiger partial charge in [-0.1, -0.05) is 36.4 Å². The van der Waals surface area contributed by atoms with Crippen molar-refractivity contribution >= 4 is 18.2 Å². The molecule has 1 N–H and O–H groups in total. The molecular formula is C15H13N3O. The van der Waals surface area contributed by atoms with Crippen molar-refractivity contribution in [3.8, 4) is 0 Å². The van der Waals surface area contributed by atoms with Crippen molar-refractivity contribution in [3.05, 3.63) is 72.1 Å². The number of hydrazone groups is 1. The van der Waals surface area contributed by atoms with Gasteiger partial charge >= 0.3 is 0 Å². The van der Waals surface area contributed by atoms with E-state index in [1.165, 1.54) is 6.08 Å². The molecule has 0 aliphatic heterocycles. The normalized spacial score (nSPS) is 10.9. The van der Waals surface area contributed by atoms with Crippen LogP contribution in [0.4, 0.5) is 0 Å². The summed E-state index contributed by atoms with van der Waals surface area (Å²) in [4.78, 5) is 15.4. The Kier molecular flexibility index (Phi) is 4.58. The number of amides is 1. The van der Waals surface area contributed by atoms with E-state index in [1.54, 1.807) is 30.8 Å². The molecule has 0 fully saturated rings. The molecule has 0 radical (unpaired) electrons. The summed E-state index contributed by atoms with van der Waals surface area (Å²) in [6.45, 7) is 0. The van der Waals surface area contributed by atoms with Crippen molar-refractivity contribution in [2.45, 2.75) is 0 Å². The highest BCUT2D eigenvalue weighted by atomic mass is 16.2. The Morgan fingerprint density at radius 2 is 1.89 bits per heavy atom. The van der Waals surface area contributed by atoms with Gasteiger partial charge in [-0.2, -0.15) is 5.10 Å². The average Bonchev–Trinajstić information content (AvgIpc) is 2.47. The number of rotatable bonds is 4. The van der Waals surface area contributed by atoms with Crippen molar-refractivity contribution in [1.82, 2.24) is 10.4 Å². The lowest BCUT2D eigenvalue weighted by Crippen LogP contribution is -2.14. The third-order valence-corrected chi connectivity index (χ3v) is 2.30. The first kappa shape index (κ1) is 12.7. The summed E-state index contributed by atoms with van der Waals surface area (Å²) in [6, 6.07) is 13.2. The van der Waals surface area contributed by atoms with E-state index in [9.17, 15) is 4.79 Å². The minimum Gasteiger partial charge on any atom is -0.268 e. The number of aromatic nitrogens is 1. The molecule has 94 valence electrons. The molecule has 0 unspecified atom stereocenters. The standard InChI is InChI=1S/C15H13N3O/c19-15(9-8-13-5-2-1-3-6-13)18-17-12-14-7-4-10-16-11-14/h1-12H,(H,18,19)/b9-8+,17-12?. The zero-order valence-corrected chi connectivity index (χ0v) is 10.2. The first-order valence-corrected chi connectivity index (χ1v) is 5.81. The summed E-state index contributed by atoms with van der Waals surface area (Å²) < 4.78 is 0. The number of nitrogens with one attached hydrogen (secondary N) is 1. The summed E-state index contributed by atoms with van der Waals surface area (Å²) in [7, 11) is 0. The smallest absolute Gasteiger partial charge is 0.264 e. The Labute approximate surface area is 111 Å². The second kappa shape index (κ2) is 6.86. The molecule has 0 bridgehead atoms. The van der Waals surface area contributed by atoms with Crippen LogP contribution >= 0.6 is 0 Å². The lowest BCUT2D eigenvalue weighted by atomic mass is 10.2. The second-order valence-corrected chi connectivity index (χ2v) is 3.76. The molecular weight excluding hydrogens is 238 g/mol. The van der Waals surface area contributed by atoms with Gasteiger partial charge in [0.2, 0.25) is 0 Å². The lowest BCUT2D eigenvalue weighted by Gasteiger charge is -1.94. The van der Waals surface area contributed by atoms with Crippen LogP contribution < -0.4 is 5.43 Å². The number of hydrogen-bond acceptors (Lipinski definition) is 3. The Balaban J connectivity index is 1.85. The first-order valence-electron chi connectivity index (χ1n) is 5.81. The van der Waals surface area contributed by atoms with Crippen molar-refractivity contribution in [2.24, 2.45) is 5.10 Å². The zero-order chi connectivity index (χ0) is 13.3. The molecule has 1 amide bonds. The fraction of sp³-hybridized carbons (Fsp3) is 0. The first-order chi connectivity index (χ1) is 9.34. The molecule has 0 aliphatic rings. The van der Waals surface area contributed by atoms with Gasteiger partial charge in [-0.15, -0.1) is 0 Å². The van der Waals surface area contributed by atoms with Crippen molar-refractivity contribution < 1.29 is 4.79 Å². The molecule has 0 saturated carbocycles. The second-order valence-electron chi connectivity index (χ2n) is 3.76. The minimum absolute atomic E-state index is 0.274. The Morgan fingerprint density at radius 1 is 1.11 bits per heavy atom. The molecule has 2 rings (SSSR count). The van der Waals surface area contributed by atoms with Gasteiger partial charge < -0.3 is 0 Å². The maximum Gasteiger partial charge on any atom is 0.264 e. The Bertz CT molecular complexity index is 577. The van der Waals surface area contributed by atoms with Crippen LogP contribution in [0.25, 0.3) is 6.08 Å². The summed E-state index contributed by atoms with van der Waals surface area (Å²) in [6.07, 6.45) is 8.06. The van der Waals surface area contributed by atoms with Gasteiger partial charge in [-0.3, -0.25) is 9.78 Å². The van der Waals surface area contributed by atoms with E-state index in [0.717, 1.165) is 11.1 Å². The van der Waals surface area contributed by atoms with Crippen LogP contribution in [0.15, 0.2) is 66.0 Å². The van der Waals surface area contributed by atoms with Crippen LogP contribution in [0, 0.1) is 0 Å². The van der Waals surface area contributed by atoms with Crippen molar-refractivity contribution in [3.63, 3.8) is 0 Å². The number of carbonyl (C=O) groups excluding carboxylic acids is 1. The van der Waals surface area contributed by atoms with E-state index in [-0.39, 0.29) is 5.91 Å². The molecule has 0 atom stereocenters. The van der Waals surface area contributed by atoms with Gasteiger partial charge in [0.15, 0.2) is 0 Å². The molecule has 4 heteroatoms. The van der Waals surface area contributed by atoms with Crippen LogP contribution in [0.1, 0.15) is 11.1 Å². The minimum atomic E-state index is -0.274. The van der Waals surface area contributed by atoms with Gasteiger partial charge in [0.1, 0.15) is 0 Å². The molecule has 0 saturated heterocycles. The summed E-state index contributed by atoms with van der Waals surface area (Å²) in [5, 5.41) is 3.84. The van der Waals surface area contributed by atoms with E-state index >= 15 is 0 Å². The number of pyridine rings is 1. The topological polar surface area (TPSA) is 54.4 Å². The third kappa shape index (κ3) is 4.55. The van der Waals surface area contributed by atoms with E-state index in [4.69, 9.17) is 0 Å². The number of nitrogens with zero attached hydrogens (tertiary/aromatic N) is 2. The molecule has 0 aliphatic carbocycles. The highest BCUT2D eigenvalue weighted by molar-refractivity contribution is 5.92. The fourth-order valence-electron chi connectivity index (χ4n) is 1.40. The predicted molar refractivity (Wildman–Crippen MR) is 75.4 cm³/mol. The highest BCUT2D eigenvalue weighted by Gasteiger charge is 1.92. The number of benzene rings is 1. The molecule has 4 nitrogen and oxygen atoms in total. The summed E-state index contributed by atoms with van der Waals surface area (Å²) >= 11 is 0. The Hall–Kier alpha value is -2.75. The monoisotopic (exact) mass is 251 g/mol. The van der Waals surface area contributed by atoms with Crippen LogP contribution in [0.3, 0.4) is 0 Å². The van der Waals surface area contributed by atoms with Gasteiger partial charge in [-0.05, 0) is 17.7 Å². The molecule has 1 aromatic carbocycles. The largest absolute Gasteiger partial charge is 0.268 e. The quantitative estimate of drug-likeness (QED) is 0.514.